The van der Waals surface area contributed by atoms with E-state index >= 15 is 0 Å². The Balaban J connectivity index is 1.51. The smallest absolute Gasteiger partial charge is 0.167 e. The van der Waals surface area contributed by atoms with Crippen LogP contribution in [-0.4, -0.2) is 46.6 Å². The minimum Gasteiger partial charge on any atom is -0.378 e. The summed E-state index contributed by atoms with van der Waals surface area (Å²) in [4.78, 5) is 11.8. The van der Waals surface area contributed by atoms with E-state index in [9.17, 15) is 5.26 Å². The van der Waals surface area contributed by atoms with Crippen LogP contribution in [0.3, 0.4) is 0 Å². The maximum atomic E-state index is 9.62. The highest BCUT2D eigenvalue weighted by Crippen LogP contribution is 2.33. The van der Waals surface area contributed by atoms with Crippen LogP contribution in [0.4, 0.5) is 11.5 Å². The summed E-state index contributed by atoms with van der Waals surface area (Å²) in [5, 5.41) is 14.0. The molecule has 31 heavy (non-hydrogen) atoms. The van der Waals surface area contributed by atoms with Crippen molar-refractivity contribution in [3.8, 4) is 6.07 Å². The van der Waals surface area contributed by atoms with Gasteiger partial charge in [0.1, 0.15) is 11.6 Å². The second kappa shape index (κ2) is 8.36. The van der Waals surface area contributed by atoms with Gasteiger partial charge in [-0.1, -0.05) is 23.8 Å². The summed E-state index contributed by atoms with van der Waals surface area (Å²) in [7, 11) is 0. The molecule has 0 radical (unpaired) electrons. The highest BCUT2D eigenvalue weighted by molar-refractivity contribution is 6.12. The number of imidazole rings is 1. The number of nitrogens with one attached hydrogen (secondary N) is 1. The molecule has 0 amide bonds. The van der Waals surface area contributed by atoms with Gasteiger partial charge in [0.2, 0.25) is 0 Å². The molecule has 1 aromatic carbocycles. The van der Waals surface area contributed by atoms with E-state index in [1.165, 1.54) is 12.8 Å². The summed E-state index contributed by atoms with van der Waals surface area (Å²) < 4.78 is 7.66. The lowest BCUT2D eigenvalue weighted by Crippen LogP contribution is -2.36. The Morgan fingerprint density at radius 2 is 2.13 bits per heavy atom. The maximum Gasteiger partial charge on any atom is 0.167 e. The third-order valence-electron chi connectivity index (χ3n) is 5.74. The lowest BCUT2D eigenvalue weighted by Gasteiger charge is -2.29. The van der Waals surface area contributed by atoms with E-state index in [4.69, 9.17) is 9.72 Å². The van der Waals surface area contributed by atoms with Gasteiger partial charge in [-0.05, 0) is 31.7 Å². The number of morpholine rings is 1. The lowest BCUT2D eigenvalue weighted by molar-refractivity contribution is 0.123. The number of benzene rings is 1. The van der Waals surface area contributed by atoms with Crippen molar-refractivity contribution in [2.75, 3.05) is 36.6 Å². The molecule has 3 aromatic rings. The fraction of sp³-hybridized carbons (Fsp3) is 0.391. The maximum absolute atomic E-state index is 9.62. The van der Waals surface area contributed by atoms with Crippen LogP contribution >= 0.6 is 0 Å². The van der Waals surface area contributed by atoms with E-state index < -0.39 is 0 Å². The molecule has 1 saturated carbocycles. The van der Waals surface area contributed by atoms with Gasteiger partial charge < -0.3 is 14.2 Å². The van der Waals surface area contributed by atoms with E-state index in [1.807, 2.05) is 43.6 Å². The van der Waals surface area contributed by atoms with Crippen molar-refractivity contribution in [1.82, 2.24) is 14.5 Å². The number of pyridine rings is 1. The number of hydrogen-bond acceptors (Lipinski definition) is 7. The van der Waals surface area contributed by atoms with Gasteiger partial charge in [0.15, 0.2) is 17.2 Å². The van der Waals surface area contributed by atoms with E-state index in [0.717, 1.165) is 47.6 Å². The first-order chi connectivity index (χ1) is 15.2. The normalized spacial score (nSPS) is 17.0. The van der Waals surface area contributed by atoms with Crippen molar-refractivity contribution in [1.29, 1.82) is 5.26 Å². The molecule has 2 aliphatic rings. The van der Waals surface area contributed by atoms with Crippen LogP contribution in [0, 0.1) is 24.2 Å². The second-order valence-electron chi connectivity index (χ2n) is 8.19. The predicted molar refractivity (Wildman–Crippen MR) is 120 cm³/mol. The molecule has 0 spiro atoms. The molecular formula is C23H25N7O. The molecule has 158 valence electrons. The molecule has 0 bridgehead atoms. The SMILES string of the molecule is Cc1cccc(/C(C#N)=N/Nc2cc(N3CCOCC3)c3ncn(CC4CC4)c3n2)c1. The van der Waals surface area contributed by atoms with Crippen LogP contribution in [0.15, 0.2) is 41.8 Å². The highest BCUT2D eigenvalue weighted by Gasteiger charge is 2.24. The molecule has 5 rings (SSSR count). The van der Waals surface area contributed by atoms with E-state index in [0.29, 0.717) is 30.7 Å². The Kier molecular flexibility index (Phi) is 5.26. The molecule has 0 atom stereocenters. The zero-order chi connectivity index (χ0) is 21.2. The number of aromatic nitrogens is 3. The summed E-state index contributed by atoms with van der Waals surface area (Å²) >= 11 is 0. The quantitative estimate of drug-likeness (QED) is 0.491. The van der Waals surface area contributed by atoms with E-state index in [-0.39, 0.29) is 0 Å². The molecule has 8 heteroatoms. The molecule has 1 saturated heterocycles. The fourth-order valence-electron chi connectivity index (χ4n) is 3.89. The standard InChI is InChI=1S/C23H25N7O/c1-16-3-2-4-18(11-16)19(13-24)27-28-21-12-20(29-7-9-31-10-8-29)22-23(26-21)30(15-25-22)14-17-5-6-17/h2-4,11-12,15,17H,5-10,14H2,1H3,(H,26,28)/b27-19+. The van der Waals surface area contributed by atoms with Gasteiger partial charge in [-0.3, -0.25) is 5.43 Å². The van der Waals surface area contributed by atoms with Crippen LogP contribution < -0.4 is 10.3 Å². The van der Waals surface area contributed by atoms with Crippen molar-refractivity contribution in [2.45, 2.75) is 26.3 Å². The monoisotopic (exact) mass is 415 g/mol. The van der Waals surface area contributed by atoms with Crippen molar-refractivity contribution >= 4 is 28.4 Å². The van der Waals surface area contributed by atoms with E-state index in [1.54, 1.807) is 0 Å². The predicted octanol–water partition coefficient (Wildman–Crippen LogP) is 3.33. The average Bonchev–Trinajstić information content (AvgIpc) is 3.53. The zero-order valence-electron chi connectivity index (χ0n) is 17.6. The van der Waals surface area contributed by atoms with Gasteiger partial charge in [0.25, 0.3) is 0 Å². The molecule has 1 N–H and O–H groups in total. The number of ether oxygens (including phenoxy) is 1. The van der Waals surface area contributed by atoms with Crippen LogP contribution in [0.1, 0.15) is 24.0 Å². The van der Waals surface area contributed by atoms with Gasteiger partial charge >= 0.3 is 0 Å². The molecule has 1 aliphatic heterocycles. The number of hydrogen-bond donors (Lipinski definition) is 1. The molecular weight excluding hydrogens is 390 g/mol. The molecule has 3 heterocycles. The molecule has 2 fully saturated rings. The van der Waals surface area contributed by atoms with Crippen LogP contribution in [-0.2, 0) is 11.3 Å². The van der Waals surface area contributed by atoms with Crippen LogP contribution in [0.25, 0.3) is 11.2 Å². The Bertz CT molecular complexity index is 1170. The molecule has 8 nitrogen and oxygen atoms in total. The van der Waals surface area contributed by atoms with Gasteiger partial charge in [-0.15, -0.1) is 0 Å². The number of nitrogens with zero attached hydrogens (tertiary/aromatic N) is 6. The van der Waals surface area contributed by atoms with Crippen molar-refractivity contribution in [3.63, 3.8) is 0 Å². The number of fused-ring (bicyclic) bond motifs is 1. The summed E-state index contributed by atoms with van der Waals surface area (Å²) in [6, 6.07) is 11.9. The van der Waals surface area contributed by atoms with E-state index in [2.05, 4.69) is 31.0 Å². The third kappa shape index (κ3) is 4.23. The molecule has 1 aliphatic carbocycles. The second-order valence-corrected chi connectivity index (χ2v) is 8.19. The first-order valence-corrected chi connectivity index (χ1v) is 10.7. The summed E-state index contributed by atoms with van der Waals surface area (Å²) in [5.74, 6) is 1.32. The number of anilines is 2. The highest BCUT2D eigenvalue weighted by atomic mass is 16.5. The number of aryl methyl sites for hydroxylation is 1. The van der Waals surface area contributed by atoms with Gasteiger partial charge in [0, 0.05) is 31.3 Å². The van der Waals surface area contributed by atoms with Crippen molar-refractivity contribution in [3.05, 3.63) is 47.8 Å². The summed E-state index contributed by atoms with van der Waals surface area (Å²) in [6.07, 6.45) is 4.42. The molecule has 2 aromatic heterocycles. The molecule has 0 unspecified atom stereocenters. The van der Waals surface area contributed by atoms with Gasteiger partial charge in [0.05, 0.1) is 25.2 Å². The van der Waals surface area contributed by atoms with Crippen molar-refractivity contribution < 1.29 is 4.74 Å². The summed E-state index contributed by atoms with van der Waals surface area (Å²) in [6.45, 7) is 5.94. The zero-order valence-corrected chi connectivity index (χ0v) is 17.6. The first kappa shape index (κ1) is 19.5. The summed E-state index contributed by atoms with van der Waals surface area (Å²) in [5.41, 5.74) is 7.99. The number of nitriles is 1. The number of rotatable bonds is 6. The number of hydrazone groups is 1. The third-order valence-corrected chi connectivity index (χ3v) is 5.74. The van der Waals surface area contributed by atoms with Crippen molar-refractivity contribution in [2.24, 2.45) is 11.0 Å². The fourth-order valence-corrected chi connectivity index (χ4v) is 3.89. The average molecular weight is 416 g/mol. The Morgan fingerprint density at radius 3 is 2.87 bits per heavy atom. The topological polar surface area (TPSA) is 91.4 Å². The van der Waals surface area contributed by atoms with Gasteiger partial charge in [-0.25, -0.2) is 9.97 Å². The minimum atomic E-state index is 0.324. The first-order valence-electron chi connectivity index (χ1n) is 10.7. The Morgan fingerprint density at radius 1 is 1.29 bits per heavy atom. The lowest BCUT2D eigenvalue weighted by atomic mass is 10.1. The van der Waals surface area contributed by atoms with Crippen LogP contribution in [0.5, 0.6) is 0 Å². The van der Waals surface area contributed by atoms with Crippen LogP contribution in [0.2, 0.25) is 0 Å². The Hall–Kier alpha value is -3.44. The minimum absolute atomic E-state index is 0.324. The largest absolute Gasteiger partial charge is 0.378 e. The van der Waals surface area contributed by atoms with Gasteiger partial charge in [-0.2, -0.15) is 10.4 Å². The Labute approximate surface area is 181 Å².